The lowest BCUT2D eigenvalue weighted by Crippen LogP contribution is -2.48. The van der Waals surface area contributed by atoms with Crippen molar-refractivity contribution in [2.75, 3.05) is 19.6 Å². The van der Waals surface area contributed by atoms with Gasteiger partial charge in [-0.1, -0.05) is 52.3 Å². The fourth-order valence-corrected chi connectivity index (χ4v) is 4.28. The van der Waals surface area contributed by atoms with Gasteiger partial charge < -0.3 is 9.80 Å². The number of rotatable bonds is 3. The Morgan fingerprint density at radius 1 is 0.964 bits per heavy atom. The van der Waals surface area contributed by atoms with E-state index in [0.29, 0.717) is 25.2 Å². The van der Waals surface area contributed by atoms with Crippen LogP contribution in [0, 0.1) is 0 Å². The number of benzene rings is 2. The summed E-state index contributed by atoms with van der Waals surface area (Å²) in [6.07, 6.45) is 4.61. The standard InChI is InChI=1S/C23H23BrN2O2/c24-20-10-8-19(9-11-20)22(27)26-14-4-7-21(26)23(28)25-15-12-18(13-16-25)17-5-2-1-3-6-17/h1-3,5-6,8-12,21H,4,7,13-16H2. The van der Waals surface area contributed by atoms with Gasteiger partial charge in [-0.15, -0.1) is 0 Å². The minimum absolute atomic E-state index is 0.0547. The Hall–Kier alpha value is -2.40. The third kappa shape index (κ3) is 3.90. The van der Waals surface area contributed by atoms with Gasteiger partial charge in [0.25, 0.3) is 5.91 Å². The lowest BCUT2D eigenvalue weighted by atomic mass is 9.99. The number of amides is 2. The minimum Gasteiger partial charge on any atom is -0.337 e. The van der Waals surface area contributed by atoms with Crippen LogP contribution in [0.25, 0.3) is 5.57 Å². The highest BCUT2D eigenvalue weighted by atomic mass is 79.9. The highest BCUT2D eigenvalue weighted by Gasteiger charge is 2.37. The van der Waals surface area contributed by atoms with Gasteiger partial charge in [0, 0.05) is 29.7 Å². The summed E-state index contributed by atoms with van der Waals surface area (Å²) in [6, 6.07) is 17.3. The van der Waals surface area contributed by atoms with Crippen LogP contribution in [-0.4, -0.2) is 47.3 Å². The van der Waals surface area contributed by atoms with Crippen molar-refractivity contribution in [2.24, 2.45) is 0 Å². The first-order valence-corrected chi connectivity index (χ1v) is 10.5. The van der Waals surface area contributed by atoms with Gasteiger partial charge >= 0.3 is 0 Å². The van der Waals surface area contributed by atoms with Crippen LogP contribution in [0.4, 0.5) is 0 Å². The van der Waals surface area contributed by atoms with E-state index in [0.717, 1.165) is 23.7 Å². The monoisotopic (exact) mass is 438 g/mol. The molecule has 2 aromatic carbocycles. The Morgan fingerprint density at radius 2 is 1.71 bits per heavy atom. The van der Waals surface area contributed by atoms with Crippen molar-refractivity contribution in [2.45, 2.75) is 25.3 Å². The molecule has 0 saturated carbocycles. The van der Waals surface area contributed by atoms with Crippen LogP contribution in [0.1, 0.15) is 35.2 Å². The maximum Gasteiger partial charge on any atom is 0.254 e. The highest BCUT2D eigenvalue weighted by Crippen LogP contribution is 2.26. The van der Waals surface area contributed by atoms with Crippen molar-refractivity contribution >= 4 is 33.3 Å². The van der Waals surface area contributed by atoms with E-state index in [9.17, 15) is 9.59 Å². The van der Waals surface area contributed by atoms with Gasteiger partial charge in [0.2, 0.25) is 5.91 Å². The van der Waals surface area contributed by atoms with E-state index in [1.807, 2.05) is 47.4 Å². The van der Waals surface area contributed by atoms with Crippen LogP contribution in [0.2, 0.25) is 0 Å². The summed E-state index contributed by atoms with van der Waals surface area (Å²) >= 11 is 3.40. The topological polar surface area (TPSA) is 40.6 Å². The van der Waals surface area contributed by atoms with Crippen molar-refractivity contribution in [3.05, 3.63) is 76.3 Å². The Bertz CT molecular complexity index is 893. The zero-order chi connectivity index (χ0) is 19.5. The van der Waals surface area contributed by atoms with Crippen molar-refractivity contribution < 1.29 is 9.59 Å². The molecule has 4 nitrogen and oxygen atoms in total. The third-order valence-corrected chi connectivity index (χ3v) is 6.08. The maximum atomic E-state index is 13.1. The SMILES string of the molecule is O=C(C1CCCN1C(=O)c1ccc(Br)cc1)N1CC=C(c2ccccc2)CC1. The summed E-state index contributed by atoms with van der Waals surface area (Å²) in [6.45, 7) is 1.96. The van der Waals surface area contributed by atoms with E-state index in [2.05, 4.69) is 34.1 Å². The maximum absolute atomic E-state index is 13.1. The van der Waals surface area contributed by atoms with Gasteiger partial charge in [0.15, 0.2) is 0 Å². The molecular formula is C23H23BrN2O2. The smallest absolute Gasteiger partial charge is 0.254 e. The quantitative estimate of drug-likeness (QED) is 0.713. The van der Waals surface area contributed by atoms with Crippen LogP contribution in [0.15, 0.2) is 65.1 Å². The van der Waals surface area contributed by atoms with Gasteiger partial charge in [0.1, 0.15) is 6.04 Å². The van der Waals surface area contributed by atoms with Gasteiger partial charge in [-0.05, 0) is 54.7 Å². The molecule has 1 atom stereocenters. The van der Waals surface area contributed by atoms with Crippen molar-refractivity contribution in [3.63, 3.8) is 0 Å². The molecule has 28 heavy (non-hydrogen) atoms. The fraction of sp³-hybridized carbons (Fsp3) is 0.304. The molecule has 0 spiro atoms. The molecule has 2 amide bonds. The normalized spacial score (nSPS) is 19.5. The van der Waals surface area contributed by atoms with Gasteiger partial charge in [-0.3, -0.25) is 9.59 Å². The second-order valence-electron chi connectivity index (χ2n) is 7.29. The van der Waals surface area contributed by atoms with Crippen LogP contribution < -0.4 is 0 Å². The van der Waals surface area contributed by atoms with E-state index in [-0.39, 0.29) is 17.9 Å². The predicted octanol–water partition coefficient (Wildman–Crippen LogP) is 4.37. The zero-order valence-corrected chi connectivity index (χ0v) is 17.3. The summed E-state index contributed by atoms with van der Waals surface area (Å²) < 4.78 is 0.937. The lowest BCUT2D eigenvalue weighted by Gasteiger charge is -2.32. The average Bonchev–Trinajstić information content (AvgIpc) is 3.24. The number of carbonyl (C=O) groups is 2. The van der Waals surface area contributed by atoms with Crippen LogP contribution in [0.5, 0.6) is 0 Å². The molecule has 0 bridgehead atoms. The highest BCUT2D eigenvalue weighted by molar-refractivity contribution is 9.10. The average molecular weight is 439 g/mol. The molecular weight excluding hydrogens is 416 g/mol. The predicted molar refractivity (Wildman–Crippen MR) is 114 cm³/mol. The second-order valence-corrected chi connectivity index (χ2v) is 8.21. The van der Waals surface area contributed by atoms with Gasteiger partial charge in [-0.2, -0.15) is 0 Å². The van der Waals surface area contributed by atoms with Crippen molar-refractivity contribution in [1.29, 1.82) is 0 Å². The molecule has 2 aromatic rings. The van der Waals surface area contributed by atoms with Crippen molar-refractivity contribution in [3.8, 4) is 0 Å². The number of hydrogen-bond donors (Lipinski definition) is 0. The van der Waals surface area contributed by atoms with Crippen LogP contribution in [0.3, 0.4) is 0 Å². The van der Waals surface area contributed by atoms with Crippen LogP contribution >= 0.6 is 15.9 Å². The number of nitrogens with zero attached hydrogens (tertiary/aromatic N) is 2. The molecule has 2 heterocycles. The number of hydrogen-bond acceptors (Lipinski definition) is 2. The Balaban J connectivity index is 1.45. The van der Waals surface area contributed by atoms with E-state index >= 15 is 0 Å². The molecule has 0 aromatic heterocycles. The number of likely N-dealkylation sites (tertiary alicyclic amines) is 1. The van der Waals surface area contributed by atoms with E-state index < -0.39 is 0 Å². The first-order chi connectivity index (χ1) is 13.6. The fourth-order valence-electron chi connectivity index (χ4n) is 4.02. The summed E-state index contributed by atoms with van der Waals surface area (Å²) in [5.41, 5.74) is 3.15. The molecule has 0 N–H and O–H groups in total. The number of carbonyl (C=O) groups excluding carboxylic acids is 2. The van der Waals surface area contributed by atoms with Crippen molar-refractivity contribution in [1.82, 2.24) is 9.80 Å². The summed E-state index contributed by atoms with van der Waals surface area (Å²) in [4.78, 5) is 29.7. The summed E-state index contributed by atoms with van der Waals surface area (Å²) in [5.74, 6) is 0.0206. The molecule has 0 aliphatic carbocycles. The molecule has 1 saturated heterocycles. The largest absolute Gasteiger partial charge is 0.337 e. The molecule has 0 radical (unpaired) electrons. The van der Waals surface area contributed by atoms with Gasteiger partial charge in [0.05, 0.1) is 0 Å². The molecule has 5 heteroatoms. The van der Waals surface area contributed by atoms with Crippen LogP contribution in [-0.2, 0) is 4.79 Å². The molecule has 1 unspecified atom stereocenters. The second kappa shape index (κ2) is 8.31. The Kier molecular flexibility index (Phi) is 5.62. The lowest BCUT2D eigenvalue weighted by molar-refractivity contribution is -0.134. The van der Waals surface area contributed by atoms with E-state index in [4.69, 9.17) is 0 Å². The molecule has 4 rings (SSSR count). The minimum atomic E-state index is -0.345. The Labute approximate surface area is 174 Å². The molecule has 144 valence electrons. The van der Waals surface area contributed by atoms with E-state index in [1.165, 1.54) is 11.1 Å². The van der Waals surface area contributed by atoms with Gasteiger partial charge in [-0.25, -0.2) is 0 Å². The third-order valence-electron chi connectivity index (χ3n) is 5.56. The molecule has 2 aliphatic rings. The summed E-state index contributed by atoms with van der Waals surface area (Å²) in [5, 5.41) is 0. The zero-order valence-electron chi connectivity index (χ0n) is 15.7. The molecule has 2 aliphatic heterocycles. The molecule has 1 fully saturated rings. The first-order valence-electron chi connectivity index (χ1n) is 9.73. The Morgan fingerprint density at radius 3 is 2.39 bits per heavy atom. The summed E-state index contributed by atoms with van der Waals surface area (Å²) in [7, 11) is 0. The number of halogens is 1. The first kappa shape index (κ1) is 18.9. The van der Waals surface area contributed by atoms with E-state index in [1.54, 1.807) is 4.90 Å².